The van der Waals surface area contributed by atoms with Gasteiger partial charge < -0.3 is 10.4 Å². The van der Waals surface area contributed by atoms with Crippen molar-refractivity contribution in [3.63, 3.8) is 0 Å². The van der Waals surface area contributed by atoms with E-state index in [1.54, 1.807) is 25.2 Å². The van der Waals surface area contributed by atoms with Gasteiger partial charge in [-0.2, -0.15) is 0 Å². The zero-order valence-electron chi connectivity index (χ0n) is 8.07. The lowest BCUT2D eigenvalue weighted by molar-refractivity contribution is -0.134. The number of rotatable bonds is 1. The van der Waals surface area contributed by atoms with Crippen LogP contribution >= 0.6 is 0 Å². The largest absolute Gasteiger partial charge is 0.477 e. The van der Waals surface area contributed by atoms with E-state index in [1.165, 1.54) is 0 Å². The Bertz CT molecular complexity index is 478. The van der Waals surface area contributed by atoms with Crippen molar-refractivity contribution < 1.29 is 14.7 Å². The van der Waals surface area contributed by atoms with E-state index in [1.807, 2.05) is 0 Å². The number of carboxylic acids is 1. The summed E-state index contributed by atoms with van der Waals surface area (Å²) in [7, 11) is 0. The molecule has 0 radical (unpaired) electrons. The first-order valence-electron chi connectivity index (χ1n) is 4.45. The number of allylic oxidation sites excluding steroid dienone is 3. The van der Waals surface area contributed by atoms with Crippen LogP contribution in [0, 0.1) is 5.41 Å². The minimum absolute atomic E-state index is 0.0903. The first-order valence-corrected chi connectivity index (χ1v) is 4.45. The van der Waals surface area contributed by atoms with Gasteiger partial charge in [-0.3, -0.25) is 4.79 Å². The lowest BCUT2D eigenvalue weighted by atomic mass is 9.78. The number of carbonyl (C=O) groups excluding carboxylic acids is 1. The lowest BCUT2D eigenvalue weighted by Crippen LogP contribution is -2.40. The van der Waals surface area contributed by atoms with Gasteiger partial charge in [-0.1, -0.05) is 0 Å². The summed E-state index contributed by atoms with van der Waals surface area (Å²) < 4.78 is 0. The second kappa shape index (κ2) is 2.97. The standard InChI is InChI=1S/C11H9NO3/c1-11-5-3-2-4-8(11)12-7(10(14)15)6-9(11)13/h2,4-6,12H,1H3,(H,14,15). The van der Waals surface area contributed by atoms with Gasteiger partial charge in [0.05, 0.1) is 5.41 Å². The van der Waals surface area contributed by atoms with Gasteiger partial charge in [0.15, 0.2) is 5.78 Å². The van der Waals surface area contributed by atoms with Crippen LogP contribution in [0.2, 0.25) is 0 Å². The quantitative estimate of drug-likeness (QED) is 0.617. The van der Waals surface area contributed by atoms with Gasteiger partial charge in [-0.15, -0.1) is 5.73 Å². The Morgan fingerprint density at radius 1 is 1.60 bits per heavy atom. The van der Waals surface area contributed by atoms with E-state index < -0.39 is 11.4 Å². The molecular weight excluding hydrogens is 194 g/mol. The Morgan fingerprint density at radius 2 is 2.33 bits per heavy atom. The summed E-state index contributed by atoms with van der Waals surface area (Å²) in [6, 6.07) is 0. The van der Waals surface area contributed by atoms with Crippen LogP contribution in [0.5, 0.6) is 0 Å². The molecule has 4 heteroatoms. The van der Waals surface area contributed by atoms with Crippen LogP contribution in [0.25, 0.3) is 0 Å². The molecule has 0 saturated carbocycles. The maximum atomic E-state index is 11.8. The molecule has 0 amide bonds. The Hall–Kier alpha value is -2.06. The van der Waals surface area contributed by atoms with Crippen LogP contribution in [-0.4, -0.2) is 16.9 Å². The van der Waals surface area contributed by atoms with Gasteiger partial charge in [0.25, 0.3) is 0 Å². The molecule has 0 aromatic rings. The average Bonchev–Trinajstić information content (AvgIpc) is 2.19. The fourth-order valence-corrected chi connectivity index (χ4v) is 1.55. The smallest absolute Gasteiger partial charge is 0.352 e. The van der Waals surface area contributed by atoms with E-state index >= 15 is 0 Å². The van der Waals surface area contributed by atoms with E-state index in [4.69, 9.17) is 5.11 Å². The van der Waals surface area contributed by atoms with Crippen molar-refractivity contribution in [3.05, 3.63) is 41.4 Å². The summed E-state index contributed by atoms with van der Waals surface area (Å²) in [5, 5.41) is 11.5. The third-order valence-electron chi connectivity index (χ3n) is 2.56. The number of nitrogens with one attached hydrogen (secondary N) is 1. The molecule has 1 unspecified atom stereocenters. The highest BCUT2D eigenvalue weighted by Crippen LogP contribution is 2.34. The fraction of sp³-hybridized carbons (Fsp3) is 0.182. The van der Waals surface area contributed by atoms with Crippen molar-refractivity contribution in [3.8, 4) is 0 Å². The van der Waals surface area contributed by atoms with Crippen molar-refractivity contribution in [2.45, 2.75) is 6.92 Å². The number of ketones is 1. The van der Waals surface area contributed by atoms with E-state index in [-0.39, 0.29) is 11.5 Å². The molecule has 1 atom stereocenters. The number of carboxylic acid groups (broad SMARTS) is 1. The highest BCUT2D eigenvalue weighted by molar-refractivity contribution is 6.05. The van der Waals surface area contributed by atoms with E-state index in [9.17, 15) is 9.59 Å². The first kappa shape index (κ1) is 9.49. The predicted octanol–water partition coefficient (Wildman–Crippen LogP) is 0.742. The summed E-state index contributed by atoms with van der Waals surface area (Å²) in [4.78, 5) is 22.5. The normalized spacial score (nSPS) is 27.7. The molecule has 1 aliphatic carbocycles. The SMILES string of the molecule is CC12C=C=CC=C1NC(C(=O)O)=CC2=O. The molecule has 76 valence electrons. The van der Waals surface area contributed by atoms with Crippen LogP contribution in [0.4, 0.5) is 0 Å². The van der Waals surface area contributed by atoms with Gasteiger partial charge in [0.2, 0.25) is 0 Å². The van der Waals surface area contributed by atoms with Crippen molar-refractivity contribution in [1.29, 1.82) is 0 Å². The van der Waals surface area contributed by atoms with Gasteiger partial charge in [0.1, 0.15) is 5.70 Å². The van der Waals surface area contributed by atoms with Gasteiger partial charge in [-0.05, 0) is 25.2 Å². The van der Waals surface area contributed by atoms with Crippen molar-refractivity contribution in [1.82, 2.24) is 5.32 Å². The number of aliphatic carboxylic acids is 1. The second-order valence-electron chi connectivity index (χ2n) is 3.61. The van der Waals surface area contributed by atoms with E-state index in [0.717, 1.165) is 6.08 Å². The number of fused-ring (bicyclic) bond motifs is 1. The van der Waals surface area contributed by atoms with Crippen LogP contribution in [0.3, 0.4) is 0 Å². The molecule has 4 nitrogen and oxygen atoms in total. The van der Waals surface area contributed by atoms with Crippen LogP contribution in [0.1, 0.15) is 6.92 Å². The summed E-state index contributed by atoms with van der Waals surface area (Å²) in [6.07, 6.45) is 6.05. The Labute approximate surface area is 86.3 Å². The Morgan fingerprint density at radius 3 is 3.00 bits per heavy atom. The first-order chi connectivity index (χ1) is 7.04. The van der Waals surface area contributed by atoms with Crippen molar-refractivity contribution >= 4 is 11.8 Å². The van der Waals surface area contributed by atoms with Gasteiger partial charge >= 0.3 is 5.97 Å². The molecule has 0 spiro atoms. The van der Waals surface area contributed by atoms with Crippen molar-refractivity contribution in [2.24, 2.45) is 5.41 Å². The highest BCUT2D eigenvalue weighted by atomic mass is 16.4. The van der Waals surface area contributed by atoms with Gasteiger partial charge in [0, 0.05) is 11.8 Å². The summed E-state index contributed by atoms with van der Waals surface area (Å²) >= 11 is 0. The minimum atomic E-state index is -1.13. The average molecular weight is 203 g/mol. The molecule has 0 aromatic heterocycles. The molecule has 2 aliphatic rings. The topological polar surface area (TPSA) is 66.4 Å². The van der Waals surface area contributed by atoms with Gasteiger partial charge in [-0.25, -0.2) is 4.79 Å². The van der Waals surface area contributed by atoms with Crippen molar-refractivity contribution in [2.75, 3.05) is 0 Å². The summed E-state index contributed by atoms with van der Waals surface area (Å²) in [5.41, 5.74) is 2.52. The zero-order valence-corrected chi connectivity index (χ0v) is 8.07. The number of carbonyl (C=O) groups is 2. The molecule has 0 saturated heterocycles. The third kappa shape index (κ3) is 1.32. The monoisotopic (exact) mass is 203 g/mol. The molecule has 2 N–H and O–H groups in total. The van der Waals surface area contributed by atoms with Crippen LogP contribution in [0.15, 0.2) is 41.4 Å². The summed E-state index contributed by atoms with van der Waals surface area (Å²) in [5.74, 6) is -1.38. The fourth-order valence-electron chi connectivity index (χ4n) is 1.55. The van der Waals surface area contributed by atoms with E-state index in [0.29, 0.717) is 5.70 Å². The third-order valence-corrected chi connectivity index (χ3v) is 2.56. The van der Waals surface area contributed by atoms with Crippen LogP contribution in [-0.2, 0) is 9.59 Å². The molecule has 0 bridgehead atoms. The molecule has 1 aliphatic heterocycles. The summed E-state index contributed by atoms with van der Waals surface area (Å²) in [6.45, 7) is 1.73. The Kier molecular flexibility index (Phi) is 1.88. The Balaban J connectivity index is 2.51. The molecular formula is C11H9NO3. The lowest BCUT2D eigenvalue weighted by Gasteiger charge is -2.31. The molecule has 1 heterocycles. The maximum absolute atomic E-state index is 11.8. The molecule has 15 heavy (non-hydrogen) atoms. The second-order valence-corrected chi connectivity index (χ2v) is 3.61. The minimum Gasteiger partial charge on any atom is -0.477 e. The van der Waals surface area contributed by atoms with E-state index in [2.05, 4.69) is 11.0 Å². The maximum Gasteiger partial charge on any atom is 0.352 e. The molecule has 0 fully saturated rings. The van der Waals surface area contributed by atoms with Crippen LogP contribution < -0.4 is 5.32 Å². The zero-order chi connectivity index (χ0) is 11.1. The molecule has 2 rings (SSSR count). The highest BCUT2D eigenvalue weighted by Gasteiger charge is 2.39. The number of hydrogen-bond donors (Lipinski definition) is 2. The number of hydrogen-bond acceptors (Lipinski definition) is 3. The molecule has 0 aromatic carbocycles. The predicted molar refractivity (Wildman–Crippen MR) is 52.7 cm³/mol.